The summed E-state index contributed by atoms with van der Waals surface area (Å²) in [5, 5.41) is 0.261. The highest BCUT2D eigenvalue weighted by Gasteiger charge is 2.29. The molecule has 0 N–H and O–H groups in total. The number of aryl methyl sites for hydroxylation is 1. The summed E-state index contributed by atoms with van der Waals surface area (Å²) >= 11 is 1.16. The molecule has 0 spiro atoms. The van der Waals surface area contributed by atoms with Crippen LogP contribution in [0, 0.1) is 0 Å². The number of nitrogens with zero attached hydrogens (tertiary/aromatic N) is 2. The first-order valence-corrected chi connectivity index (χ1v) is 8.77. The number of benzene rings is 1. The molecular weight excluding hydrogens is 296 g/mol. The van der Waals surface area contributed by atoms with Crippen molar-refractivity contribution < 1.29 is 13.2 Å². The molecule has 0 saturated carbocycles. The molecule has 7 heteroatoms. The predicted molar refractivity (Wildman–Crippen MR) is 80.3 cm³/mol. The van der Waals surface area contributed by atoms with E-state index in [1.54, 1.807) is 31.2 Å². The topological polar surface area (TPSA) is 66.8 Å². The largest absolute Gasteiger partial charge is 0.290 e. The van der Waals surface area contributed by atoms with Gasteiger partial charge in [0.15, 0.2) is 5.17 Å². The number of rotatable bonds is 4. The second-order valence-electron chi connectivity index (χ2n) is 4.27. The maximum absolute atomic E-state index is 12.2. The molecule has 1 aliphatic heterocycles. The van der Waals surface area contributed by atoms with Crippen molar-refractivity contribution >= 4 is 32.9 Å². The maximum atomic E-state index is 12.2. The molecule has 0 aliphatic carbocycles. The van der Waals surface area contributed by atoms with Crippen molar-refractivity contribution in [2.75, 3.05) is 12.3 Å². The number of amidine groups is 1. The third kappa shape index (κ3) is 3.04. The Labute approximate surface area is 123 Å². The maximum Gasteiger partial charge on any atom is 0.284 e. The number of carbonyl (C=O) groups is 1. The van der Waals surface area contributed by atoms with Crippen LogP contribution in [0.15, 0.2) is 33.6 Å². The van der Waals surface area contributed by atoms with E-state index in [1.165, 1.54) is 4.90 Å². The van der Waals surface area contributed by atoms with Crippen LogP contribution in [-0.2, 0) is 21.2 Å². The average Bonchev–Trinajstić information content (AvgIpc) is 2.78. The van der Waals surface area contributed by atoms with Gasteiger partial charge >= 0.3 is 0 Å². The second kappa shape index (κ2) is 5.97. The molecule has 0 atom stereocenters. The molecule has 1 aromatic carbocycles. The molecular formula is C13H16N2O3S2. The number of hydrogen-bond donors (Lipinski definition) is 0. The summed E-state index contributed by atoms with van der Waals surface area (Å²) in [6, 6.07) is 6.65. The van der Waals surface area contributed by atoms with Crippen molar-refractivity contribution in [3.63, 3.8) is 0 Å². The van der Waals surface area contributed by atoms with Crippen molar-refractivity contribution in [2.24, 2.45) is 4.40 Å². The van der Waals surface area contributed by atoms with Gasteiger partial charge in [-0.1, -0.05) is 30.8 Å². The molecule has 0 bridgehead atoms. The number of amides is 1. The van der Waals surface area contributed by atoms with Crippen LogP contribution in [-0.4, -0.2) is 36.7 Å². The highest BCUT2D eigenvalue weighted by Crippen LogP contribution is 2.22. The van der Waals surface area contributed by atoms with Crippen molar-refractivity contribution in [2.45, 2.75) is 25.2 Å². The number of thioether (sulfide) groups is 1. The third-order valence-corrected chi connectivity index (χ3v) is 5.36. The van der Waals surface area contributed by atoms with E-state index < -0.39 is 10.0 Å². The van der Waals surface area contributed by atoms with Crippen molar-refractivity contribution in [1.29, 1.82) is 0 Å². The first-order valence-electron chi connectivity index (χ1n) is 6.35. The second-order valence-corrected chi connectivity index (χ2v) is 6.82. The zero-order chi connectivity index (χ0) is 14.8. The standard InChI is InChI=1S/C13H16N2O3S2/c1-3-10-5-7-11(8-6-10)20(17,18)14-13-15(4-2)12(16)9-19-13/h5-8H,3-4,9H2,1-2H3/b14-13+. The lowest BCUT2D eigenvalue weighted by Gasteiger charge is -2.12. The monoisotopic (exact) mass is 312 g/mol. The van der Waals surface area contributed by atoms with Gasteiger partial charge in [-0.2, -0.15) is 8.42 Å². The third-order valence-electron chi connectivity index (χ3n) is 3.00. The molecule has 1 amide bonds. The van der Waals surface area contributed by atoms with Crippen LogP contribution in [0.4, 0.5) is 0 Å². The van der Waals surface area contributed by atoms with Crippen LogP contribution < -0.4 is 0 Å². The van der Waals surface area contributed by atoms with E-state index in [0.717, 1.165) is 23.7 Å². The van der Waals surface area contributed by atoms with Gasteiger partial charge < -0.3 is 0 Å². The SMILES string of the molecule is CCc1ccc(S(=O)(=O)/N=C2/SCC(=O)N2CC)cc1. The summed E-state index contributed by atoms with van der Waals surface area (Å²) in [7, 11) is -3.76. The highest BCUT2D eigenvalue weighted by molar-refractivity contribution is 8.15. The lowest BCUT2D eigenvalue weighted by molar-refractivity contribution is -0.123. The van der Waals surface area contributed by atoms with Gasteiger partial charge in [-0.25, -0.2) is 0 Å². The number of hydrogen-bond acceptors (Lipinski definition) is 4. The highest BCUT2D eigenvalue weighted by atomic mass is 32.2. The fraction of sp³-hybridized carbons (Fsp3) is 0.385. The Hall–Kier alpha value is -1.34. The molecule has 5 nitrogen and oxygen atoms in total. The van der Waals surface area contributed by atoms with E-state index in [2.05, 4.69) is 4.40 Å². The first-order chi connectivity index (χ1) is 9.47. The summed E-state index contributed by atoms with van der Waals surface area (Å²) in [5.41, 5.74) is 1.07. The van der Waals surface area contributed by atoms with Crippen LogP contribution in [0.5, 0.6) is 0 Å². The Morgan fingerprint density at radius 1 is 1.25 bits per heavy atom. The van der Waals surface area contributed by atoms with Gasteiger partial charge in [0.25, 0.3) is 10.0 Å². The van der Waals surface area contributed by atoms with Crippen molar-refractivity contribution in [3.05, 3.63) is 29.8 Å². The molecule has 2 rings (SSSR count). The normalized spacial score (nSPS) is 18.0. The zero-order valence-corrected chi connectivity index (χ0v) is 13.0. The number of sulfonamides is 1. The fourth-order valence-corrected chi connectivity index (χ4v) is 4.02. The Balaban J connectivity index is 2.33. The quantitative estimate of drug-likeness (QED) is 0.851. The van der Waals surface area contributed by atoms with Gasteiger partial charge in [-0.3, -0.25) is 9.69 Å². The predicted octanol–water partition coefficient (Wildman–Crippen LogP) is 1.89. The molecule has 1 saturated heterocycles. The van der Waals surface area contributed by atoms with Gasteiger partial charge in [-0.15, -0.1) is 4.40 Å². The van der Waals surface area contributed by atoms with E-state index in [1.807, 2.05) is 6.92 Å². The van der Waals surface area contributed by atoms with Gasteiger partial charge in [0.05, 0.1) is 10.6 Å². The van der Waals surface area contributed by atoms with Crippen LogP contribution >= 0.6 is 11.8 Å². The molecule has 108 valence electrons. The van der Waals surface area contributed by atoms with E-state index in [4.69, 9.17) is 0 Å². The average molecular weight is 312 g/mol. The Morgan fingerprint density at radius 3 is 2.45 bits per heavy atom. The summed E-state index contributed by atoms with van der Waals surface area (Å²) in [6.07, 6.45) is 0.850. The first kappa shape index (κ1) is 15.1. The van der Waals surface area contributed by atoms with Crippen LogP contribution in [0.3, 0.4) is 0 Å². The Bertz CT molecular complexity index is 636. The van der Waals surface area contributed by atoms with Crippen LogP contribution in [0.25, 0.3) is 0 Å². The molecule has 1 aliphatic rings. The molecule has 0 radical (unpaired) electrons. The zero-order valence-electron chi connectivity index (χ0n) is 11.4. The molecule has 1 aromatic rings. The van der Waals surface area contributed by atoms with Gasteiger partial charge in [-0.05, 0) is 31.0 Å². The lowest BCUT2D eigenvalue weighted by Crippen LogP contribution is -2.29. The molecule has 1 heterocycles. The summed E-state index contributed by atoms with van der Waals surface area (Å²) in [4.78, 5) is 13.1. The van der Waals surface area contributed by atoms with Gasteiger partial charge in [0.2, 0.25) is 5.91 Å². The summed E-state index contributed by atoms with van der Waals surface area (Å²) in [5.74, 6) is 0.143. The van der Waals surface area contributed by atoms with Crippen LogP contribution in [0.1, 0.15) is 19.4 Å². The van der Waals surface area contributed by atoms with Gasteiger partial charge in [0.1, 0.15) is 0 Å². The number of carbonyl (C=O) groups excluding carboxylic acids is 1. The van der Waals surface area contributed by atoms with E-state index in [-0.39, 0.29) is 21.7 Å². The minimum atomic E-state index is -3.76. The minimum absolute atomic E-state index is 0.104. The molecule has 20 heavy (non-hydrogen) atoms. The van der Waals surface area contributed by atoms with Crippen LogP contribution in [0.2, 0.25) is 0 Å². The Morgan fingerprint density at radius 2 is 1.90 bits per heavy atom. The van der Waals surface area contributed by atoms with Gasteiger partial charge in [0, 0.05) is 6.54 Å². The van der Waals surface area contributed by atoms with E-state index in [0.29, 0.717) is 6.54 Å². The van der Waals surface area contributed by atoms with E-state index >= 15 is 0 Å². The van der Waals surface area contributed by atoms with E-state index in [9.17, 15) is 13.2 Å². The molecule has 0 aromatic heterocycles. The van der Waals surface area contributed by atoms with Crippen molar-refractivity contribution in [3.8, 4) is 0 Å². The smallest absolute Gasteiger partial charge is 0.284 e. The molecule has 0 unspecified atom stereocenters. The molecule has 1 fully saturated rings. The summed E-state index contributed by atoms with van der Waals surface area (Å²) in [6.45, 7) is 4.22. The summed E-state index contributed by atoms with van der Waals surface area (Å²) < 4.78 is 28.2. The lowest BCUT2D eigenvalue weighted by atomic mass is 10.2. The minimum Gasteiger partial charge on any atom is -0.290 e. The Kier molecular flexibility index (Phi) is 4.49. The van der Waals surface area contributed by atoms with Crippen molar-refractivity contribution in [1.82, 2.24) is 4.90 Å². The fourth-order valence-electron chi connectivity index (χ4n) is 1.83.